The predicted molar refractivity (Wildman–Crippen MR) is 73.9 cm³/mol. The normalized spacial score (nSPS) is 10.3. The maximum Gasteiger partial charge on any atom is 0.276 e. The predicted octanol–water partition coefficient (Wildman–Crippen LogP) is 3.23. The third-order valence-electron chi connectivity index (χ3n) is 2.68. The molecule has 0 bridgehead atoms. The third kappa shape index (κ3) is 3.21. The van der Waals surface area contributed by atoms with Crippen LogP contribution in [-0.2, 0) is 6.61 Å². The summed E-state index contributed by atoms with van der Waals surface area (Å²) in [6.07, 6.45) is 0. The maximum absolute atomic E-state index is 10.8. The lowest BCUT2D eigenvalue weighted by atomic mass is 10.2. The molecule has 0 spiro atoms. The second-order valence-electron chi connectivity index (χ2n) is 4.19. The molecule has 7 heteroatoms. The molecule has 104 valence electrons. The lowest BCUT2D eigenvalue weighted by molar-refractivity contribution is -0.385. The molecule has 1 heterocycles. The Hall–Kier alpha value is -2.21. The number of hydrogen-bond acceptors (Lipinski definition) is 5. The first-order valence-corrected chi connectivity index (χ1v) is 6.22. The Morgan fingerprint density at radius 3 is 2.75 bits per heavy atom. The molecule has 0 aliphatic carbocycles. The Labute approximate surface area is 120 Å². The van der Waals surface area contributed by atoms with Gasteiger partial charge in [-0.25, -0.2) is 9.97 Å². The molecule has 6 nitrogen and oxygen atoms in total. The Balaban J connectivity index is 2.19. The van der Waals surface area contributed by atoms with E-state index in [1.54, 1.807) is 32.0 Å². The van der Waals surface area contributed by atoms with E-state index < -0.39 is 4.92 Å². The zero-order chi connectivity index (χ0) is 14.7. The lowest BCUT2D eigenvalue weighted by Crippen LogP contribution is -2.04. The quantitative estimate of drug-likeness (QED) is 0.491. The van der Waals surface area contributed by atoms with Crippen molar-refractivity contribution in [1.82, 2.24) is 9.97 Å². The Morgan fingerprint density at radius 2 is 2.10 bits per heavy atom. The van der Waals surface area contributed by atoms with Crippen molar-refractivity contribution in [3.05, 3.63) is 56.6 Å². The van der Waals surface area contributed by atoms with Crippen LogP contribution in [0.3, 0.4) is 0 Å². The van der Waals surface area contributed by atoms with Gasteiger partial charge < -0.3 is 4.74 Å². The van der Waals surface area contributed by atoms with Gasteiger partial charge in [-0.1, -0.05) is 17.7 Å². The highest BCUT2D eigenvalue weighted by atomic mass is 35.5. The molecule has 0 unspecified atom stereocenters. The Kier molecular flexibility index (Phi) is 4.14. The van der Waals surface area contributed by atoms with Crippen molar-refractivity contribution in [2.75, 3.05) is 0 Å². The Morgan fingerprint density at radius 1 is 1.35 bits per heavy atom. The minimum atomic E-state index is -0.442. The molecular formula is C13H12ClN3O3. The first-order chi connectivity index (χ1) is 9.47. The molecule has 0 saturated heterocycles. The van der Waals surface area contributed by atoms with Crippen LogP contribution in [0.4, 0.5) is 5.69 Å². The largest absolute Gasteiger partial charge is 0.485 e. The van der Waals surface area contributed by atoms with Crippen molar-refractivity contribution >= 4 is 17.3 Å². The summed E-state index contributed by atoms with van der Waals surface area (Å²) in [7, 11) is 0. The van der Waals surface area contributed by atoms with Crippen LogP contribution in [0, 0.1) is 24.0 Å². The minimum absolute atomic E-state index is 0.0192. The molecule has 0 fully saturated rings. The van der Waals surface area contributed by atoms with Gasteiger partial charge in [0.2, 0.25) is 0 Å². The Bertz CT molecular complexity index is 641. The van der Waals surface area contributed by atoms with Gasteiger partial charge in [0.15, 0.2) is 5.82 Å². The number of hydrogen-bond donors (Lipinski definition) is 0. The first-order valence-electron chi connectivity index (χ1n) is 5.84. The standard InChI is InChI=1S/C13H12ClN3O3/c1-8-6-12(14)16-13(15-8)7-20-11-5-3-4-10(9(11)2)17(18)19/h3-6H,7H2,1-2H3. The van der Waals surface area contributed by atoms with Crippen LogP contribution in [0.15, 0.2) is 24.3 Å². The van der Waals surface area contributed by atoms with Crippen molar-refractivity contribution in [2.24, 2.45) is 0 Å². The van der Waals surface area contributed by atoms with Crippen LogP contribution in [-0.4, -0.2) is 14.9 Å². The topological polar surface area (TPSA) is 78.2 Å². The van der Waals surface area contributed by atoms with E-state index in [-0.39, 0.29) is 12.3 Å². The summed E-state index contributed by atoms with van der Waals surface area (Å²) in [6.45, 7) is 3.54. The molecule has 0 atom stereocenters. The highest BCUT2D eigenvalue weighted by Crippen LogP contribution is 2.27. The molecule has 1 aromatic heterocycles. The SMILES string of the molecule is Cc1cc(Cl)nc(COc2cccc([N+](=O)[O-])c2C)n1. The number of ether oxygens (including phenoxy) is 1. The molecule has 0 aliphatic heterocycles. The fraction of sp³-hybridized carbons (Fsp3) is 0.231. The molecule has 0 aliphatic rings. The van der Waals surface area contributed by atoms with E-state index in [0.29, 0.717) is 22.3 Å². The van der Waals surface area contributed by atoms with E-state index in [2.05, 4.69) is 9.97 Å². The number of nitro groups is 1. The van der Waals surface area contributed by atoms with Crippen molar-refractivity contribution in [2.45, 2.75) is 20.5 Å². The third-order valence-corrected chi connectivity index (χ3v) is 2.87. The lowest BCUT2D eigenvalue weighted by Gasteiger charge is -2.08. The van der Waals surface area contributed by atoms with E-state index >= 15 is 0 Å². The van der Waals surface area contributed by atoms with Crippen LogP contribution in [0.1, 0.15) is 17.1 Å². The van der Waals surface area contributed by atoms with Gasteiger partial charge in [0, 0.05) is 11.8 Å². The monoisotopic (exact) mass is 293 g/mol. The van der Waals surface area contributed by atoms with Crippen molar-refractivity contribution in [3.63, 3.8) is 0 Å². The molecule has 2 rings (SSSR count). The summed E-state index contributed by atoms with van der Waals surface area (Å²) in [5, 5.41) is 11.2. The van der Waals surface area contributed by atoms with Gasteiger partial charge in [-0.3, -0.25) is 10.1 Å². The molecular weight excluding hydrogens is 282 g/mol. The number of nitrogens with zero attached hydrogens (tertiary/aromatic N) is 3. The highest BCUT2D eigenvalue weighted by molar-refractivity contribution is 6.29. The molecule has 0 N–H and O–H groups in total. The fourth-order valence-electron chi connectivity index (χ4n) is 1.75. The summed E-state index contributed by atoms with van der Waals surface area (Å²) >= 11 is 5.83. The van der Waals surface area contributed by atoms with Crippen LogP contribution >= 0.6 is 11.6 Å². The van der Waals surface area contributed by atoms with Gasteiger partial charge in [-0.15, -0.1) is 0 Å². The maximum atomic E-state index is 10.8. The smallest absolute Gasteiger partial charge is 0.276 e. The number of aryl methyl sites for hydroxylation is 1. The fourth-order valence-corrected chi connectivity index (χ4v) is 2.01. The van der Waals surface area contributed by atoms with Gasteiger partial charge in [0.05, 0.1) is 10.5 Å². The summed E-state index contributed by atoms with van der Waals surface area (Å²) in [4.78, 5) is 18.6. The second-order valence-corrected chi connectivity index (χ2v) is 4.58. The van der Waals surface area contributed by atoms with Crippen LogP contribution in [0.25, 0.3) is 0 Å². The first kappa shape index (κ1) is 14.2. The van der Waals surface area contributed by atoms with Crippen molar-refractivity contribution in [1.29, 1.82) is 0 Å². The number of nitro benzene ring substituents is 1. The highest BCUT2D eigenvalue weighted by Gasteiger charge is 2.14. The number of aromatic nitrogens is 2. The van der Waals surface area contributed by atoms with Gasteiger partial charge >= 0.3 is 0 Å². The number of rotatable bonds is 4. The summed E-state index contributed by atoms with van der Waals surface area (Å²) in [5.74, 6) is 0.862. The zero-order valence-electron chi connectivity index (χ0n) is 11.0. The molecule has 0 radical (unpaired) electrons. The second kappa shape index (κ2) is 5.83. The van der Waals surface area contributed by atoms with Crippen LogP contribution in [0.5, 0.6) is 5.75 Å². The average molecular weight is 294 g/mol. The molecule has 2 aromatic rings. The molecule has 0 saturated carbocycles. The van der Waals surface area contributed by atoms with Gasteiger partial charge in [-0.05, 0) is 26.0 Å². The number of benzene rings is 1. The average Bonchev–Trinajstić information content (AvgIpc) is 2.36. The van der Waals surface area contributed by atoms with Crippen LogP contribution in [0.2, 0.25) is 5.15 Å². The number of halogens is 1. The molecule has 1 aromatic carbocycles. The van der Waals surface area contributed by atoms with E-state index in [4.69, 9.17) is 16.3 Å². The van der Waals surface area contributed by atoms with Crippen molar-refractivity contribution in [3.8, 4) is 5.75 Å². The molecule has 0 amide bonds. The van der Waals surface area contributed by atoms with E-state index in [1.165, 1.54) is 6.07 Å². The minimum Gasteiger partial charge on any atom is -0.485 e. The zero-order valence-corrected chi connectivity index (χ0v) is 11.7. The van der Waals surface area contributed by atoms with E-state index in [1.807, 2.05) is 0 Å². The van der Waals surface area contributed by atoms with Gasteiger partial charge in [0.25, 0.3) is 5.69 Å². The van der Waals surface area contributed by atoms with E-state index in [0.717, 1.165) is 5.69 Å². The van der Waals surface area contributed by atoms with Crippen molar-refractivity contribution < 1.29 is 9.66 Å². The summed E-state index contributed by atoms with van der Waals surface area (Å²) < 4.78 is 5.54. The summed E-state index contributed by atoms with van der Waals surface area (Å²) in [6, 6.07) is 6.32. The van der Waals surface area contributed by atoms with E-state index in [9.17, 15) is 10.1 Å². The summed E-state index contributed by atoms with van der Waals surface area (Å²) in [5.41, 5.74) is 1.22. The van der Waals surface area contributed by atoms with Gasteiger partial charge in [0.1, 0.15) is 17.5 Å². The van der Waals surface area contributed by atoms with Crippen LogP contribution < -0.4 is 4.74 Å². The van der Waals surface area contributed by atoms with Gasteiger partial charge in [-0.2, -0.15) is 0 Å². The molecule has 20 heavy (non-hydrogen) atoms.